The van der Waals surface area contributed by atoms with Gasteiger partial charge in [0.05, 0.1) is 19.8 Å². The van der Waals surface area contributed by atoms with Gasteiger partial charge in [0.2, 0.25) is 17.8 Å². The van der Waals surface area contributed by atoms with Crippen LogP contribution >= 0.6 is 0 Å². The number of carbonyl (C=O) groups excluding carboxylic acids is 2. The molecule has 2 N–H and O–H groups in total. The second kappa shape index (κ2) is 8.75. The Morgan fingerprint density at radius 3 is 2.48 bits per heavy atom. The fraction of sp³-hybridized carbons (Fsp3) is 0.647. The highest BCUT2D eigenvalue weighted by atomic mass is 16.5. The van der Waals surface area contributed by atoms with E-state index in [0.29, 0.717) is 38.3 Å². The van der Waals surface area contributed by atoms with Gasteiger partial charge in [0, 0.05) is 37.4 Å². The SMILES string of the molecule is O=C(NCC(=O)N1CCOCC1)C1CCC(Nc2ncccn2)CC1. The van der Waals surface area contributed by atoms with Crippen molar-refractivity contribution in [1.29, 1.82) is 0 Å². The lowest BCUT2D eigenvalue weighted by molar-refractivity contribution is -0.137. The van der Waals surface area contributed by atoms with Crippen LogP contribution in [-0.4, -0.2) is 65.6 Å². The van der Waals surface area contributed by atoms with E-state index in [0.717, 1.165) is 25.7 Å². The number of amides is 2. The molecule has 2 aliphatic rings. The minimum Gasteiger partial charge on any atom is -0.378 e. The smallest absolute Gasteiger partial charge is 0.242 e. The van der Waals surface area contributed by atoms with Gasteiger partial charge in [-0.2, -0.15) is 0 Å². The van der Waals surface area contributed by atoms with E-state index in [9.17, 15) is 9.59 Å². The van der Waals surface area contributed by atoms with Gasteiger partial charge in [-0.25, -0.2) is 9.97 Å². The molecule has 2 amide bonds. The predicted molar refractivity (Wildman–Crippen MR) is 91.8 cm³/mol. The number of hydrogen-bond acceptors (Lipinski definition) is 6. The molecule has 0 radical (unpaired) electrons. The summed E-state index contributed by atoms with van der Waals surface area (Å²) in [6.45, 7) is 2.43. The highest BCUT2D eigenvalue weighted by molar-refractivity contribution is 5.85. The molecule has 8 heteroatoms. The van der Waals surface area contributed by atoms with Gasteiger partial charge in [-0.3, -0.25) is 9.59 Å². The minimum atomic E-state index is -0.0340. The summed E-state index contributed by atoms with van der Waals surface area (Å²) in [6, 6.07) is 2.08. The molecule has 8 nitrogen and oxygen atoms in total. The molecular formula is C17H25N5O3. The van der Waals surface area contributed by atoms with Crippen molar-refractivity contribution in [2.75, 3.05) is 38.2 Å². The molecule has 0 spiro atoms. The van der Waals surface area contributed by atoms with Crippen LogP contribution < -0.4 is 10.6 Å². The number of rotatable bonds is 5. The van der Waals surface area contributed by atoms with Crippen molar-refractivity contribution >= 4 is 17.8 Å². The van der Waals surface area contributed by atoms with Crippen LogP contribution in [0.2, 0.25) is 0 Å². The zero-order chi connectivity index (χ0) is 17.5. The molecule has 1 aliphatic carbocycles. The number of nitrogens with one attached hydrogen (secondary N) is 2. The van der Waals surface area contributed by atoms with Crippen LogP contribution in [0.15, 0.2) is 18.5 Å². The zero-order valence-electron chi connectivity index (χ0n) is 14.3. The third-order valence-electron chi connectivity index (χ3n) is 4.77. The molecule has 0 bridgehead atoms. The fourth-order valence-corrected chi connectivity index (χ4v) is 3.29. The lowest BCUT2D eigenvalue weighted by Gasteiger charge is -2.29. The lowest BCUT2D eigenvalue weighted by atomic mass is 9.85. The molecule has 1 saturated heterocycles. The van der Waals surface area contributed by atoms with Crippen molar-refractivity contribution in [3.8, 4) is 0 Å². The molecule has 1 aliphatic heterocycles. The molecule has 25 heavy (non-hydrogen) atoms. The van der Waals surface area contributed by atoms with Crippen molar-refractivity contribution < 1.29 is 14.3 Å². The number of hydrogen-bond donors (Lipinski definition) is 2. The van der Waals surface area contributed by atoms with Gasteiger partial charge in [0.15, 0.2) is 0 Å². The summed E-state index contributed by atoms with van der Waals surface area (Å²) in [5.74, 6) is 0.558. The van der Waals surface area contributed by atoms with E-state index in [-0.39, 0.29) is 24.3 Å². The third-order valence-corrected chi connectivity index (χ3v) is 4.77. The number of ether oxygens (including phenoxy) is 1. The zero-order valence-corrected chi connectivity index (χ0v) is 14.3. The molecule has 1 aromatic heterocycles. The van der Waals surface area contributed by atoms with Gasteiger partial charge in [-0.15, -0.1) is 0 Å². The Labute approximate surface area is 147 Å². The van der Waals surface area contributed by atoms with Crippen LogP contribution in [0, 0.1) is 5.92 Å². The summed E-state index contributed by atoms with van der Waals surface area (Å²) in [5, 5.41) is 6.10. The highest BCUT2D eigenvalue weighted by Gasteiger charge is 2.27. The predicted octanol–water partition coefficient (Wildman–Crippen LogP) is 0.422. The van der Waals surface area contributed by atoms with E-state index >= 15 is 0 Å². The Kier molecular flexibility index (Phi) is 6.16. The monoisotopic (exact) mass is 347 g/mol. The van der Waals surface area contributed by atoms with E-state index in [2.05, 4.69) is 20.6 Å². The Balaban J connectivity index is 1.37. The van der Waals surface area contributed by atoms with Gasteiger partial charge < -0.3 is 20.3 Å². The third kappa shape index (κ3) is 5.12. The molecule has 1 aromatic rings. The molecule has 2 heterocycles. The highest BCUT2D eigenvalue weighted by Crippen LogP contribution is 2.26. The average molecular weight is 347 g/mol. The standard InChI is InChI=1S/C17H25N5O3/c23-15(22-8-10-25-11-9-22)12-20-16(24)13-2-4-14(5-3-13)21-17-18-6-1-7-19-17/h1,6-7,13-14H,2-5,8-12H2,(H,20,24)(H,18,19,21). The summed E-state index contributed by atoms with van der Waals surface area (Å²) >= 11 is 0. The van der Waals surface area contributed by atoms with Gasteiger partial charge >= 0.3 is 0 Å². The molecule has 1 saturated carbocycles. The Bertz CT molecular complexity index is 569. The normalized spacial score (nSPS) is 23.8. The molecule has 2 fully saturated rings. The van der Waals surface area contributed by atoms with E-state index in [4.69, 9.17) is 4.74 Å². The number of anilines is 1. The quantitative estimate of drug-likeness (QED) is 0.801. The molecule has 0 atom stereocenters. The fourth-order valence-electron chi connectivity index (χ4n) is 3.29. The first-order valence-corrected chi connectivity index (χ1v) is 8.89. The number of morpholine rings is 1. The first-order chi connectivity index (χ1) is 12.2. The van der Waals surface area contributed by atoms with E-state index in [1.165, 1.54) is 0 Å². The Morgan fingerprint density at radius 2 is 1.80 bits per heavy atom. The second-order valence-corrected chi connectivity index (χ2v) is 6.48. The molecular weight excluding hydrogens is 322 g/mol. The van der Waals surface area contributed by atoms with Crippen LogP contribution in [0.1, 0.15) is 25.7 Å². The van der Waals surface area contributed by atoms with Gasteiger partial charge in [-0.05, 0) is 31.7 Å². The Morgan fingerprint density at radius 1 is 1.12 bits per heavy atom. The maximum absolute atomic E-state index is 12.3. The van der Waals surface area contributed by atoms with Crippen molar-refractivity contribution in [3.63, 3.8) is 0 Å². The second-order valence-electron chi connectivity index (χ2n) is 6.48. The van der Waals surface area contributed by atoms with Crippen LogP contribution in [0.3, 0.4) is 0 Å². The number of aromatic nitrogens is 2. The van der Waals surface area contributed by atoms with Gasteiger partial charge in [0.1, 0.15) is 0 Å². The molecule has 0 aromatic carbocycles. The minimum absolute atomic E-state index is 0.0176. The average Bonchev–Trinajstić information content (AvgIpc) is 2.68. The summed E-state index contributed by atoms with van der Waals surface area (Å²) < 4.78 is 5.23. The number of nitrogens with zero attached hydrogens (tertiary/aromatic N) is 3. The first kappa shape index (κ1) is 17.6. The topological polar surface area (TPSA) is 96.5 Å². The van der Waals surface area contributed by atoms with Gasteiger partial charge in [0.25, 0.3) is 0 Å². The largest absolute Gasteiger partial charge is 0.378 e. The van der Waals surface area contributed by atoms with Gasteiger partial charge in [-0.1, -0.05) is 0 Å². The summed E-state index contributed by atoms with van der Waals surface area (Å²) in [5.41, 5.74) is 0. The van der Waals surface area contributed by atoms with E-state index in [1.54, 1.807) is 23.4 Å². The van der Waals surface area contributed by atoms with Crippen molar-refractivity contribution in [2.24, 2.45) is 5.92 Å². The van der Waals surface area contributed by atoms with Crippen LogP contribution in [0.5, 0.6) is 0 Å². The van der Waals surface area contributed by atoms with Crippen molar-refractivity contribution in [3.05, 3.63) is 18.5 Å². The van der Waals surface area contributed by atoms with Crippen LogP contribution in [0.25, 0.3) is 0 Å². The summed E-state index contributed by atoms with van der Waals surface area (Å²) in [6.07, 6.45) is 6.82. The maximum atomic E-state index is 12.3. The Hall–Kier alpha value is -2.22. The van der Waals surface area contributed by atoms with Crippen molar-refractivity contribution in [1.82, 2.24) is 20.2 Å². The van der Waals surface area contributed by atoms with Crippen LogP contribution in [0.4, 0.5) is 5.95 Å². The molecule has 0 unspecified atom stereocenters. The lowest BCUT2D eigenvalue weighted by Crippen LogP contribution is -2.46. The molecule has 136 valence electrons. The van der Waals surface area contributed by atoms with Crippen molar-refractivity contribution in [2.45, 2.75) is 31.7 Å². The summed E-state index contributed by atoms with van der Waals surface area (Å²) in [4.78, 5) is 34.4. The molecule has 3 rings (SSSR count). The van der Waals surface area contributed by atoms with Crippen LogP contribution in [-0.2, 0) is 14.3 Å². The number of carbonyl (C=O) groups is 2. The summed E-state index contributed by atoms with van der Waals surface area (Å²) in [7, 11) is 0. The maximum Gasteiger partial charge on any atom is 0.242 e. The van der Waals surface area contributed by atoms with E-state index < -0.39 is 0 Å². The first-order valence-electron chi connectivity index (χ1n) is 8.89. The van der Waals surface area contributed by atoms with E-state index in [1.807, 2.05) is 0 Å².